The van der Waals surface area contributed by atoms with E-state index in [1.807, 2.05) is 0 Å². The van der Waals surface area contributed by atoms with Crippen molar-refractivity contribution in [1.82, 2.24) is 9.80 Å². The highest BCUT2D eigenvalue weighted by atomic mass is 16.5. The summed E-state index contributed by atoms with van der Waals surface area (Å²) in [5.41, 5.74) is 1.06. The molecule has 5 heteroatoms. The van der Waals surface area contributed by atoms with Crippen LogP contribution in [0.3, 0.4) is 0 Å². The largest absolute Gasteiger partial charge is 0.373 e. The molecule has 0 aliphatic carbocycles. The van der Waals surface area contributed by atoms with Crippen molar-refractivity contribution < 1.29 is 14.3 Å². The van der Waals surface area contributed by atoms with Crippen LogP contribution in [0, 0.1) is 0 Å². The number of fused-ring (bicyclic) bond motifs is 1. The number of carbonyl (C=O) groups is 2. The first-order valence-corrected chi connectivity index (χ1v) is 7.89. The number of imide groups is 1. The molecule has 2 aliphatic rings. The van der Waals surface area contributed by atoms with Gasteiger partial charge in [0.15, 0.2) is 0 Å². The van der Waals surface area contributed by atoms with Crippen LogP contribution in [0.15, 0.2) is 24.3 Å². The first kappa shape index (κ1) is 15.2. The standard InChI is InChI=1S/C17H22N2O3/c1-12-10-18(11-13(2)22-12)8-5-9-19-16(20)14-6-3-4-7-15(14)17(19)21/h3-4,6-7,12-13H,5,8-11H2,1-2H3. The molecule has 0 spiro atoms. The lowest BCUT2D eigenvalue weighted by molar-refractivity contribution is -0.0682. The van der Waals surface area contributed by atoms with Crippen molar-refractivity contribution in [1.29, 1.82) is 0 Å². The van der Waals surface area contributed by atoms with E-state index in [-0.39, 0.29) is 24.0 Å². The Morgan fingerprint density at radius 1 is 1.00 bits per heavy atom. The van der Waals surface area contributed by atoms with Crippen LogP contribution in [0.1, 0.15) is 41.0 Å². The van der Waals surface area contributed by atoms with Gasteiger partial charge in [-0.25, -0.2) is 0 Å². The molecule has 2 unspecified atom stereocenters. The van der Waals surface area contributed by atoms with Crippen LogP contribution >= 0.6 is 0 Å². The predicted molar refractivity (Wildman–Crippen MR) is 82.9 cm³/mol. The second-order valence-corrected chi connectivity index (χ2v) is 6.18. The van der Waals surface area contributed by atoms with Crippen molar-refractivity contribution in [2.45, 2.75) is 32.5 Å². The van der Waals surface area contributed by atoms with Crippen LogP contribution in [-0.4, -0.2) is 60.0 Å². The summed E-state index contributed by atoms with van der Waals surface area (Å²) in [5.74, 6) is -0.325. The molecule has 118 valence electrons. The van der Waals surface area contributed by atoms with Gasteiger partial charge in [-0.3, -0.25) is 19.4 Å². The van der Waals surface area contributed by atoms with Gasteiger partial charge in [0.05, 0.1) is 23.3 Å². The van der Waals surface area contributed by atoms with Crippen molar-refractivity contribution in [3.05, 3.63) is 35.4 Å². The second-order valence-electron chi connectivity index (χ2n) is 6.18. The van der Waals surface area contributed by atoms with E-state index in [4.69, 9.17) is 4.74 Å². The van der Waals surface area contributed by atoms with Crippen LogP contribution < -0.4 is 0 Å². The van der Waals surface area contributed by atoms with E-state index < -0.39 is 0 Å². The maximum Gasteiger partial charge on any atom is 0.261 e. The molecule has 0 radical (unpaired) electrons. The van der Waals surface area contributed by atoms with Gasteiger partial charge in [0.25, 0.3) is 11.8 Å². The van der Waals surface area contributed by atoms with Gasteiger partial charge in [0, 0.05) is 26.2 Å². The average molecular weight is 302 g/mol. The Bertz CT molecular complexity index is 542. The summed E-state index contributed by atoms with van der Waals surface area (Å²) in [5, 5.41) is 0. The molecule has 1 saturated heterocycles. The molecule has 0 bridgehead atoms. The van der Waals surface area contributed by atoms with Crippen molar-refractivity contribution in [2.75, 3.05) is 26.2 Å². The number of rotatable bonds is 4. The molecule has 5 nitrogen and oxygen atoms in total. The molecule has 1 aromatic carbocycles. The van der Waals surface area contributed by atoms with Crippen molar-refractivity contribution in [3.63, 3.8) is 0 Å². The van der Waals surface area contributed by atoms with Crippen LogP contribution in [0.5, 0.6) is 0 Å². The fraction of sp³-hybridized carbons (Fsp3) is 0.529. The summed E-state index contributed by atoms with van der Waals surface area (Å²) in [6.07, 6.45) is 1.27. The van der Waals surface area contributed by atoms with Crippen LogP contribution in [-0.2, 0) is 4.74 Å². The number of amides is 2. The minimum atomic E-state index is -0.163. The quantitative estimate of drug-likeness (QED) is 0.796. The molecule has 1 fully saturated rings. The number of nitrogens with zero attached hydrogens (tertiary/aromatic N) is 2. The molecular weight excluding hydrogens is 280 g/mol. The molecule has 2 aliphatic heterocycles. The van der Waals surface area contributed by atoms with Gasteiger partial charge in [-0.05, 0) is 32.4 Å². The normalized spacial score (nSPS) is 25.6. The fourth-order valence-electron chi connectivity index (χ4n) is 3.36. The minimum Gasteiger partial charge on any atom is -0.373 e. The third-order valence-corrected chi connectivity index (χ3v) is 4.23. The van der Waals surface area contributed by atoms with E-state index >= 15 is 0 Å². The molecule has 3 rings (SSSR count). The number of morpholine rings is 1. The molecule has 0 N–H and O–H groups in total. The monoisotopic (exact) mass is 302 g/mol. The van der Waals surface area contributed by atoms with Gasteiger partial charge in [-0.1, -0.05) is 12.1 Å². The zero-order chi connectivity index (χ0) is 15.7. The average Bonchev–Trinajstić information content (AvgIpc) is 2.72. The molecule has 0 aromatic heterocycles. The maximum absolute atomic E-state index is 12.3. The van der Waals surface area contributed by atoms with E-state index in [0.717, 1.165) is 26.1 Å². The summed E-state index contributed by atoms with van der Waals surface area (Å²) in [6.45, 7) is 7.33. The molecule has 2 atom stereocenters. The fourth-order valence-corrected chi connectivity index (χ4v) is 3.36. The summed E-state index contributed by atoms with van der Waals surface area (Å²) in [6, 6.07) is 7.04. The van der Waals surface area contributed by atoms with Crippen LogP contribution in [0.2, 0.25) is 0 Å². The Balaban J connectivity index is 1.55. The highest BCUT2D eigenvalue weighted by Gasteiger charge is 2.34. The highest BCUT2D eigenvalue weighted by Crippen LogP contribution is 2.22. The van der Waals surface area contributed by atoms with E-state index in [1.165, 1.54) is 4.90 Å². The SMILES string of the molecule is CC1CN(CCCN2C(=O)c3ccccc3C2=O)CC(C)O1. The molecule has 2 amide bonds. The highest BCUT2D eigenvalue weighted by molar-refractivity contribution is 6.21. The van der Waals surface area contributed by atoms with Gasteiger partial charge in [-0.2, -0.15) is 0 Å². The zero-order valence-electron chi connectivity index (χ0n) is 13.1. The Morgan fingerprint density at radius 2 is 1.55 bits per heavy atom. The molecule has 22 heavy (non-hydrogen) atoms. The Kier molecular flexibility index (Phi) is 4.27. The van der Waals surface area contributed by atoms with Gasteiger partial charge < -0.3 is 4.74 Å². The number of ether oxygens (including phenoxy) is 1. The van der Waals surface area contributed by atoms with Crippen LogP contribution in [0.4, 0.5) is 0 Å². The van der Waals surface area contributed by atoms with E-state index in [1.54, 1.807) is 24.3 Å². The molecule has 2 heterocycles. The number of hydrogen-bond acceptors (Lipinski definition) is 4. The van der Waals surface area contributed by atoms with E-state index in [9.17, 15) is 9.59 Å². The minimum absolute atomic E-state index is 0.163. The zero-order valence-corrected chi connectivity index (χ0v) is 13.1. The maximum atomic E-state index is 12.3. The lowest BCUT2D eigenvalue weighted by Gasteiger charge is -2.35. The number of carbonyl (C=O) groups excluding carboxylic acids is 2. The van der Waals surface area contributed by atoms with Crippen molar-refractivity contribution in [2.24, 2.45) is 0 Å². The molecule has 1 aromatic rings. The van der Waals surface area contributed by atoms with Gasteiger partial charge in [0.2, 0.25) is 0 Å². The van der Waals surface area contributed by atoms with Gasteiger partial charge in [0.1, 0.15) is 0 Å². The first-order valence-electron chi connectivity index (χ1n) is 7.89. The van der Waals surface area contributed by atoms with Gasteiger partial charge >= 0.3 is 0 Å². The number of hydrogen-bond donors (Lipinski definition) is 0. The van der Waals surface area contributed by atoms with E-state index in [0.29, 0.717) is 17.7 Å². The second kappa shape index (κ2) is 6.18. The Labute approximate surface area is 130 Å². The van der Waals surface area contributed by atoms with E-state index in [2.05, 4.69) is 18.7 Å². The number of benzene rings is 1. The topological polar surface area (TPSA) is 49.9 Å². The lowest BCUT2D eigenvalue weighted by Crippen LogP contribution is -2.46. The Morgan fingerprint density at radius 3 is 2.09 bits per heavy atom. The van der Waals surface area contributed by atoms with Crippen molar-refractivity contribution >= 4 is 11.8 Å². The smallest absolute Gasteiger partial charge is 0.261 e. The Hall–Kier alpha value is -1.72. The third kappa shape index (κ3) is 2.91. The first-order chi connectivity index (χ1) is 10.6. The summed E-state index contributed by atoms with van der Waals surface area (Å²) in [4.78, 5) is 28.2. The predicted octanol–water partition coefficient (Wildman–Crippen LogP) is 1.78. The van der Waals surface area contributed by atoms with Gasteiger partial charge in [-0.15, -0.1) is 0 Å². The lowest BCUT2D eigenvalue weighted by atomic mass is 10.1. The molecule has 0 saturated carbocycles. The third-order valence-electron chi connectivity index (χ3n) is 4.23. The summed E-state index contributed by atoms with van der Waals surface area (Å²) < 4.78 is 5.71. The summed E-state index contributed by atoms with van der Waals surface area (Å²) >= 11 is 0. The molecular formula is C17H22N2O3. The van der Waals surface area contributed by atoms with Crippen molar-refractivity contribution in [3.8, 4) is 0 Å². The van der Waals surface area contributed by atoms with Crippen LogP contribution in [0.25, 0.3) is 0 Å². The summed E-state index contributed by atoms with van der Waals surface area (Å²) in [7, 11) is 0.